The number of carbonyl (C=O) groups is 1. The highest BCUT2D eigenvalue weighted by Crippen LogP contribution is 1.92. The van der Waals surface area contributed by atoms with Crippen LogP contribution in [0.1, 0.15) is 12.5 Å². The number of nitrogens with zero attached hydrogens (tertiary/aromatic N) is 1. The lowest BCUT2D eigenvalue weighted by molar-refractivity contribution is -0.126. The van der Waals surface area contributed by atoms with E-state index in [2.05, 4.69) is 37.0 Å². The summed E-state index contributed by atoms with van der Waals surface area (Å²) in [4.78, 5) is 8.95. The minimum atomic E-state index is 0.329. The van der Waals surface area contributed by atoms with Crippen LogP contribution in [0, 0.1) is 18.3 Å². The van der Waals surface area contributed by atoms with Crippen LogP contribution in [0.3, 0.4) is 0 Å². The number of nitriles is 1. The Morgan fingerprint density at radius 3 is 1.89 bits per heavy atom. The molecule has 4 heteroatoms. The zero-order valence-electron chi connectivity index (χ0n) is 11.7. The molecule has 0 saturated carbocycles. The van der Waals surface area contributed by atoms with Crippen molar-refractivity contribution < 1.29 is 14.6 Å². The number of methoxy groups -OCH3 is 1. The number of aryl methyl sites for hydroxylation is 1. The summed E-state index contributed by atoms with van der Waals surface area (Å²) < 4.78 is 3.86. The van der Waals surface area contributed by atoms with Gasteiger partial charge in [0.25, 0.3) is 6.47 Å². The summed E-state index contributed by atoms with van der Waals surface area (Å²) in [6.07, 6.45) is 0.778. The van der Waals surface area contributed by atoms with Crippen molar-refractivity contribution in [1.82, 2.24) is 0 Å². The number of hydrogen-bond acceptors (Lipinski definition) is 4. The van der Waals surface area contributed by atoms with Crippen LogP contribution in [0.5, 0.6) is 0 Å². The predicted octanol–water partition coefficient (Wildman–Crippen LogP) is 3.56. The molecular formula is C15H21NO3. The Labute approximate surface area is 115 Å². The third kappa shape index (κ3) is 25.6. The summed E-state index contributed by atoms with van der Waals surface area (Å²) in [5, 5.41) is 15.8. The van der Waals surface area contributed by atoms with E-state index in [9.17, 15) is 0 Å². The number of rotatable bonds is 1. The van der Waals surface area contributed by atoms with Crippen molar-refractivity contribution in [3.8, 4) is 6.07 Å². The molecule has 0 aromatic heterocycles. The van der Waals surface area contributed by atoms with Gasteiger partial charge in [-0.05, 0) is 13.8 Å². The largest absolute Gasteiger partial charge is 0.515 e. The maximum atomic E-state index is 8.95. The van der Waals surface area contributed by atoms with E-state index in [1.807, 2.05) is 18.2 Å². The summed E-state index contributed by atoms with van der Waals surface area (Å²) >= 11 is 0. The molecule has 0 atom stereocenters. The van der Waals surface area contributed by atoms with Gasteiger partial charge in [-0.25, -0.2) is 0 Å². The number of ether oxygens (including phenoxy) is 1. The molecular weight excluding hydrogens is 242 g/mol. The zero-order valence-corrected chi connectivity index (χ0v) is 11.7. The third-order valence-corrected chi connectivity index (χ3v) is 1.41. The Morgan fingerprint density at radius 2 is 1.79 bits per heavy atom. The average molecular weight is 263 g/mol. The predicted molar refractivity (Wildman–Crippen MR) is 77.5 cm³/mol. The van der Waals surface area contributed by atoms with Crippen molar-refractivity contribution >= 4 is 6.47 Å². The summed E-state index contributed by atoms with van der Waals surface area (Å²) in [5.74, 6) is 0. The van der Waals surface area contributed by atoms with Gasteiger partial charge in [0.05, 0.1) is 25.0 Å². The van der Waals surface area contributed by atoms with Crippen LogP contribution in [-0.4, -0.2) is 18.7 Å². The molecule has 0 aliphatic rings. The van der Waals surface area contributed by atoms with Crippen molar-refractivity contribution in [2.24, 2.45) is 0 Å². The van der Waals surface area contributed by atoms with Crippen LogP contribution in [0.2, 0.25) is 0 Å². The molecule has 104 valence electrons. The first-order chi connectivity index (χ1) is 9.12. The molecule has 1 aromatic carbocycles. The molecule has 1 N–H and O–H groups in total. The number of aliphatic hydroxyl groups excluding tert-OH is 1. The fraction of sp³-hybridized carbons (Fsp3) is 0.200. The lowest BCUT2D eigenvalue weighted by atomic mass is 10.2. The van der Waals surface area contributed by atoms with Crippen LogP contribution in [-0.2, 0) is 9.53 Å². The van der Waals surface area contributed by atoms with Crippen molar-refractivity contribution in [2.45, 2.75) is 13.8 Å². The van der Waals surface area contributed by atoms with Gasteiger partial charge in [-0.15, -0.1) is 13.2 Å². The van der Waals surface area contributed by atoms with E-state index in [-0.39, 0.29) is 0 Å². The maximum absolute atomic E-state index is 8.95. The highest BCUT2D eigenvalue weighted by atomic mass is 16.5. The van der Waals surface area contributed by atoms with Gasteiger partial charge in [-0.1, -0.05) is 35.9 Å². The number of benzene rings is 1. The molecule has 0 radical (unpaired) electrons. The lowest BCUT2D eigenvalue weighted by Crippen LogP contribution is -1.68. The second kappa shape index (κ2) is 20.8. The SMILES string of the molecule is C/C(C#N)=C/O.C=C.COC=O.Cc1ccccc1. The van der Waals surface area contributed by atoms with Gasteiger partial charge in [-0.2, -0.15) is 5.26 Å². The molecule has 1 aromatic rings. The van der Waals surface area contributed by atoms with Gasteiger partial charge < -0.3 is 9.84 Å². The van der Waals surface area contributed by atoms with E-state index in [1.54, 1.807) is 6.07 Å². The van der Waals surface area contributed by atoms with Gasteiger partial charge in [0.2, 0.25) is 0 Å². The van der Waals surface area contributed by atoms with Crippen LogP contribution < -0.4 is 0 Å². The van der Waals surface area contributed by atoms with Gasteiger partial charge in [-0.3, -0.25) is 4.79 Å². The van der Waals surface area contributed by atoms with Crippen LogP contribution in [0.25, 0.3) is 0 Å². The van der Waals surface area contributed by atoms with Crippen molar-refractivity contribution in [2.75, 3.05) is 7.11 Å². The number of carbonyl (C=O) groups excluding carboxylic acids is 1. The molecule has 0 spiro atoms. The van der Waals surface area contributed by atoms with Crippen molar-refractivity contribution in [1.29, 1.82) is 5.26 Å². The minimum absolute atomic E-state index is 0.329. The zero-order chi connectivity index (χ0) is 15.5. The van der Waals surface area contributed by atoms with E-state index in [4.69, 9.17) is 15.2 Å². The minimum Gasteiger partial charge on any atom is -0.515 e. The molecule has 19 heavy (non-hydrogen) atoms. The fourth-order valence-corrected chi connectivity index (χ4v) is 0.563. The molecule has 0 bridgehead atoms. The topological polar surface area (TPSA) is 70.3 Å². The van der Waals surface area contributed by atoms with Crippen LogP contribution in [0.4, 0.5) is 0 Å². The van der Waals surface area contributed by atoms with E-state index in [1.165, 1.54) is 19.6 Å². The summed E-state index contributed by atoms with van der Waals surface area (Å²) in [7, 11) is 1.31. The first-order valence-corrected chi connectivity index (χ1v) is 5.31. The van der Waals surface area contributed by atoms with E-state index in [0.29, 0.717) is 12.0 Å². The summed E-state index contributed by atoms with van der Waals surface area (Å²) in [6.45, 7) is 9.99. The summed E-state index contributed by atoms with van der Waals surface area (Å²) in [6, 6.07) is 12.0. The Kier molecular flexibility index (Phi) is 23.8. The molecule has 1 rings (SSSR count). The maximum Gasteiger partial charge on any atom is 0.292 e. The Balaban J connectivity index is -0.000000196. The smallest absolute Gasteiger partial charge is 0.292 e. The second-order valence-corrected chi connectivity index (χ2v) is 2.91. The molecule has 0 fully saturated rings. The summed E-state index contributed by atoms with van der Waals surface area (Å²) in [5.41, 5.74) is 1.65. The van der Waals surface area contributed by atoms with Crippen LogP contribution >= 0.6 is 0 Å². The molecule has 0 aliphatic heterocycles. The Hall–Kier alpha value is -2.54. The molecule has 0 saturated heterocycles. The highest BCUT2D eigenvalue weighted by molar-refractivity contribution is 5.36. The Morgan fingerprint density at radius 1 is 1.37 bits per heavy atom. The van der Waals surface area contributed by atoms with Gasteiger partial charge in [0.1, 0.15) is 0 Å². The lowest BCUT2D eigenvalue weighted by Gasteiger charge is -1.82. The monoisotopic (exact) mass is 263 g/mol. The first kappa shape index (κ1) is 21.7. The van der Waals surface area contributed by atoms with Gasteiger partial charge >= 0.3 is 0 Å². The number of hydrogen-bond donors (Lipinski definition) is 1. The molecule has 4 nitrogen and oxygen atoms in total. The highest BCUT2D eigenvalue weighted by Gasteiger charge is 1.74. The third-order valence-electron chi connectivity index (χ3n) is 1.41. The molecule has 0 unspecified atom stereocenters. The first-order valence-electron chi connectivity index (χ1n) is 5.31. The normalized spacial score (nSPS) is 7.79. The molecule has 0 aliphatic carbocycles. The number of aliphatic hydroxyl groups is 1. The quantitative estimate of drug-likeness (QED) is 0.364. The van der Waals surface area contributed by atoms with Crippen molar-refractivity contribution in [3.05, 3.63) is 60.9 Å². The van der Waals surface area contributed by atoms with E-state index < -0.39 is 0 Å². The average Bonchev–Trinajstić information content (AvgIpc) is 2.50. The standard InChI is InChI=1S/C7H8.C4H5NO.C2H4O2.C2H4/c1-7-5-3-2-4-6-7;1-4(2-5)3-6;1-4-2-3;1-2/h2-6H,1H3;3,6H,1H3;2H,1H3;1-2H2/b;4-3-;;. The second-order valence-electron chi connectivity index (χ2n) is 2.91. The van der Waals surface area contributed by atoms with Gasteiger partial charge in [0.15, 0.2) is 0 Å². The Bertz CT molecular complexity index is 367. The van der Waals surface area contributed by atoms with Crippen LogP contribution in [0.15, 0.2) is 55.3 Å². The van der Waals surface area contributed by atoms with E-state index in [0.717, 1.165) is 6.26 Å². The fourth-order valence-electron chi connectivity index (χ4n) is 0.563. The number of allylic oxidation sites excluding steroid dienone is 1. The van der Waals surface area contributed by atoms with Gasteiger partial charge in [0, 0.05) is 0 Å². The van der Waals surface area contributed by atoms with E-state index >= 15 is 0 Å². The molecule has 0 amide bonds. The van der Waals surface area contributed by atoms with Crippen molar-refractivity contribution in [3.63, 3.8) is 0 Å². The molecule has 0 heterocycles.